The monoisotopic (exact) mass is 378 g/mol. The van der Waals surface area contributed by atoms with Crippen LogP contribution in [0.15, 0.2) is 47.4 Å². The molecule has 6 nitrogen and oxygen atoms in total. The van der Waals surface area contributed by atoms with Gasteiger partial charge >= 0.3 is 0 Å². The van der Waals surface area contributed by atoms with Crippen molar-refractivity contribution in [1.82, 2.24) is 10.9 Å². The lowest BCUT2D eigenvalue weighted by atomic mass is 10.2. The van der Waals surface area contributed by atoms with E-state index in [1.807, 2.05) is 6.92 Å². The highest BCUT2D eigenvalue weighted by molar-refractivity contribution is 8.00. The standard InChI is InChI=1S/C18H19FN2O4S/c1-3-25-15-9-4-12(10-16(15)24-2)18(23)21-20-17(22)11-26-14-7-5-13(19)6-8-14/h4-10H,3,11H2,1-2H3,(H,20,22)(H,21,23). The molecule has 2 aromatic rings. The normalized spacial score (nSPS) is 10.1. The zero-order valence-electron chi connectivity index (χ0n) is 14.4. The van der Waals surface area contributed by atoms with E-state index < -0.39 is 5.91 Å². The van der Waals surface area contributed by atoms with Gasteiger partial charge in [0.15, 0.2) is 11.5 Å². The van der Waals surface area contributed by atoms with Crippen LogP contribution in [0.2, 0.25) is 0 Å². The maximum Gasteiger partial charge on any atom is 0.269 e. The van der Waals surface area contributed by atoms with Gasteiger partial charge in [-0.2, -0.15) is 0 Å². The van der Waals surface area contributed by atoms with E-state index in [9.17, 15) is 14.0 Å². The fourth-order valence-electron chi connectivity index (χ4n) is 2.00. The molecule has 26 heavy (non-hydrogen) atoms. The van der Waals surface area contributed by atoms with Crippen molar-refractivity contribution in [3.05, 3.63) is 53.8 Å². The predicted molar refractivity (Wildman–Crippen MR) is 96.9 cm³/mol. The van der Waals surface area contributed by atoms with Crippen LogP contribution in [-0.4, -0.2) is 31.3 Å². The van der Waals surface area contributed by atoms with Crippen LogP contribution in [0.4, 0.5) is 4.39 Å². The second-order valence-electron chi connectivity index (χ2n) is 5.04. The van der Waals surface area contributed by atoms with Gasteiger partial charge in [-0.1, -0.05) is 0 Å². The van der Waals surface area contributed by atoms with Gasteiger partial charge in [0, 0.05) is 10.5 Å². The molecule has 138 valence electrons. The first-order valence-corrected chi connectivity index (χ1v) is 8.80. The summed E-state index contributed by atoms with van der Waals surface area (Å²) in [6, 6.07) is 10.5. The van der Waals surface area contributed by atoms with Crippen LogP contribution in [-0.2, 0) is 4.79 Å². The van der Waals surface area contributed by atoms with Crippen LogP contribution in [0, 0.1) is 5.82 Å². The Morgan fingerprint density at radius 3 is 2.46 bits per heavy atom. The van der Waals surface area contributed by atoms with Crippen molar-refractivity contribution in [3.63, 3.8) is 0 Å². The molecule has 0 spiro atoms. The number of amides is 2. The molecule has 0 aliphatic carbocycles. The Hall–Kier alpha value is -2.74. The van der Waals surface area contributed by atoms with Crippen molar-refractivity contribution >= 4 is 23.6 Å². The van der Waals surface area contributed by atoms with Gasteiger partial charge in [0.1, 0.15) is 5.82 Å². The number of carbonyl (C=O) groups is 2. The minimum atomic E-state index is -0.480. The zero-order valence-corrected chi connectivity index (χ0v) is 15.2. The van der Waals surface area contributed by atoms with Gasteiger partial charge in [-0.15, -0.1) is 11.8 Å². The molecule has 0 aliphatic heterocycles. The minimum Gasteiger partial charge on any atom is -0.493 e. The summed E-state index contributed by atoms with van der Waals surface area (Å²) in [6.07, 6.45) is 0. The smallest absolute Gasteiger partial charge is 0.269 e. The maximum absolute atomic E-state index is 12.8. The summed E-state index contributed by atoms with van der Waals surface area (Å²) in [7, 11) is 1.48. The molecule has 0 aromatic heterocycles. The van der Waals surface area contributed by atoms with Gasteiger partial charge in [0.2, 0.25) is 5.91 Å². The second-order valence-corrected chi connectivity index (χ2v) is 6.09. The lowest BCUT2D eigenvalue weighted by Gasteiger charge is -2.11. The number of methoxy groups -OCH3 is 1. The largest absolute Gasteiger partial charge is 0.493 e. The summed E-state index contributed by atoms with van der Waals surface area (Å²) >= 11 is 1.23. The third kappa shape index (κ3) is 5.66. The first-order chi connectivity index (χ1) is 12.5. The van der Waals surface area contributed by atoms with E-state index in [1.165, 1.54) is 37.1 Å². The van der Waals surface area contributed by atoms with Crippen LogP contribution in [0.25, 0.3) is 0 Å². The molecule has 2 amide bonds. The van der Waals surface area contributed by atoms with Crippen LogP contribution in [0.5, 0.6) is 11.5 Å². The maximum atomic E-state index is 12.8. The number of nitrogens with one attached hydrogen (secondary N) is 2. The highest BCUT2D eigenvalue weighted by Crippen LogP contribution is 2.27. The van der Waals surface area contributed by atoms with Crippen LogP contribution < -0.4 is 20.3 Å². The Bertz CT molecular complexity index is 768. The van der Waals surface area contributed by atoms with Gasteiger partial charge in [-0.05, 0) is 49.4 Å². The third-order valence-electron chi connectivity index (χ3n) is 3.22. The van der Waals surface area contributed by atoms with Crippen molar-refractivity contribution in [2.75, 3.05) is 19.5 Å². The molecule has 0 unspecified atom stereocenters. The van der Waals surface area contributed by atoms with Crippen molar-refractivity contribution < 1.29 is 23.5 Å². The van der Waals surface area contributed by atoms with Gasteiger partial charge < -0.3 is 9.47 Å². The molecule has 0 heterocycles. The molecule has 0 saturated heterocycles. The quantitative estimate of drug-likeness (QED) is 0.572. The van der Waals surface area contributed by atoms with E-state index in [0.717, 1.165) is 4.90 Å². The molecule has 0 fully saturated rings. The summed E-state index contributed by atoms with van der Waals surface area (Å²) in [5.74, 6) is -0.156. The number of benzene rings is 2. The van der Waals surface area contributed by atoms with Crippen LogP contribution in [0.3, 0.4) is 0 Å². The fourth-order valence-corrected chi connectivity index (χ4v) is 2.70. The highest BCUT2D eigenvalue weighted by atomic mass is 32.2. The molecule has 0 atom stereocenters. The molecule has 0 saturated carbocycles. The number of halogens is 1. The first kappa shape index (κ1) is 19.6. The molecule has 0 bridgehead atoms. The topological polar surface area (TPSA) is 76.7 Å². The average Bonchev–Trinajstić information content (AvgIpc) is 2.66. The molecular weight excluding hydrogens is 359 g/mol. The summed E-state index contributed by atoms with van der Waals surface area (Å²) in [6.45, 7) is 2.32. The number of carbonyl (C=O) groups excluding carboxylic acids is 2. The predicted octanol–water partition coefficient (Wildman–Crippen LogP) is 2.79. The zero-order chi connectivity index (χ0) is 18.9. The van der Waals surface area contributed by atoms with Gasteiger partial charge in [0.25, 0.3) is 5.91 Å². The lowest BCUT2D eigenvalue weighted by molar-refractivity contribution is -0.119. The first-order valence-electron chi connectivity index (χ1n) is 7.82. The average molecular weight is 378 g/mol. The number of hydrogen-bond acceptors (Lipinski definition) is 5. The van der Waals surface area contributed by atoms with E-state index in [0.29, 0.717) is 23.7 Å². The van der Waals surface area contributed by atoms with Crippen molar-refractivity contribution in [3.8, 4) is 11.5 Å². The number of ether oxygens (including phenoxy) is 2. The van der Waals surface area contributed by atoms with Crippen LogP contribution in [0.1, 0.15) is 17.3 Å². The van der Waals surface area contributed by atoms with E-state index in [4.69, 9.17) is 9.47 Å². The summed E-state index contributed by atoms with van der Waals surface area (Å²) in [5.41, 5.74) is 4.99. The van der Waals surface area contributed by atoms with Crippen LogP contribution >= 0.6 is 11.8 Å². The Balaban J connectivity index is 1.85. The molecular formula is C18H19FN2O4S. The number of hydrazine groups is 1. The van der Waals surface area contributed by atoms with E-state index in [2.05, 4.69) is 10.9 Å². The molecule has 0 radical (unpaired) electrons. The number of rotatable bonds is 7. The Morgan fingerprint density at radius 2 is 1.81 bits per heavy atom. The van der Waals surface area contributed by atoms with Gasteiger partial charge in [-0.25, -0.2) is 4.39 Å². The minimum absolute atomic E-state index is 0.0819. The number of thioether (sulfide) groups is 1. The van der Waals surface area contributed by atoms with Crippen molar-refractivity contribution in [1.29, 1.82) is 0 Å². The third-order valence-corrected chi connectivity index (χ3v) is 4.24. The molecule has 8 heteroatoms. The Morgan fingerprint density at radius 1 is 1.08 bits per heavy atom. The van der Waals surface area contributed by atoms with Gasteiger partial charge in [-0.3, -0.25) is 20.4 Å². The summed E-state index contributed by atoms with van der Waals surface area (Å²) in [4.78, 5) is 24.7. The van der Waals surface area contributed by atoms with E-state index in [1.54, 1.807) is 24.3 Å². The number of hydrogen-bond donors (Lipinski definition) is 2. The lowest BCUT2D eigenvalue weighted by Crippen LogP contribution is -2.42. The molecule has 2 aromatic carbocycles. The summed E-state index contributed by atoms with van der Waals surface area (Å²) in [5, 5.41) is 0. The van der Waals surface area contributed by atoms with Crippen molar-refractivity contribution in [2.45, 2.75) is 11.8 Å². The Kier molecular flexibility index (Phi) is 7.28. The summed E-state index contributed by atoms with van der Waals surface area (Å²) < 4.78 is 23.4. The SMILES string of the molecule is CCOc1ccc(C(=O)NNC(=O)CSc2ccc(F)cc2)cc1OC. The van der Waals surface area contributed by atoms with E-state index in [-0.39, 0.29) is 17.5 Å². The fraction of sp³-hybridized carbons (Fsp3) is 0.222. The molecule has 2 rings (SSSR count). The molecule has 2 N–H and O–H groups in total. The van der Waals surface area contributed by atoms with E-state index >= 15 is 0 Å². The Labute approximate surface area is 155 Å². The highest BCUT2D eigenvalue weighted by Gasteiger charge is 2.12. The second kappa shape index (κ2) is 9.67. The van der Waals surface area contributed by atoms with Gasteiger partial charge in [0.05, 0.1) is 19.5 Å². The van der Waals surface area contributed by atoms with Crippen molar-refractivity contribution in [2.24, 2.45) is 0 Å². The molecule has 0 aliphatic rings.